The summed E-state index contributed by atoms with van der Waals surface area (Å²) in [6.45, 7) is 0. The van der Waals surface area contributed by atoms with Crippen LogP contribution >= 0.6 is 0 Å². The summed E-state index contributed by atoms with van der Waals surface area (Å²) in [5, 5.41) is 19.8. The van der Waals surface area contributed by atoms with Crippen molar-refractivity contribution < 1.29 is 14.4 Å². The molecule has 0 spiro atoms. The van der Waals surface area contributed by atoms with Crippen molar-refractivity contribution >= 4 is 34.4 Å². The van der Waals surface area contributed by atoms with Crippen molar-refractivity contribution in [1.82, 2.24) is 0 Å². The van der Waals surface area contributed by atoms with Crippen LogP contribution in [0, 0.1) is 10.1 Å². The van der Waals surface area contributed by atoms with Gasteiger partial charge < -0.3 is 4.90 Å². The maximum atomic E-state index is 11.4. The number of hydrogen-bond acceptors (Lipinski definition) is 5. The van der Waals surface area contributed by atoms with E-state index in [9.17, 15) is 10.1 Å². The van der Waals surface area contributed by atoms with Crippen LogP contribution in [0.25, 0.3) is 0 Å². The third-order valence-electron chi connectivity index (χ3n) is 4.25. The molecule has 1 atom stereocenters. The maximum absolute atomic E-state index is 11.4. The minimum atomic E-state index is -0.435. The van der Waals surface area contributed by atoms with Gasteiger partial charge in [0.05, 0.1) is 19.0 Å². The van der Waals surface area contributed by atoms with Gasteiger partial charge in [-0.15, -0.1) is 0 Å². The molecule has 1 heterocycles. The van der Waals surface area contributed by atoms with Crippen molar-refractivity contribution in [3.05, 3.63) is 52.6 Å². The Bertz CT molecular complexity index is 904. The molecule has 1 aliphatic heterocycles. The normalized spacial score (nSPS) is 16.4. The van der Waals surface area contributed by atoms with Gasteiger partial charge in [-0.25, -0.2) is 0 Å². The molecule has 1 unspecified atom stereocenters. The summed E-state index contributed by atoms with van der Waals surface area (Å²) in [5.41, 5.74) is 3.06. The zero-order chi connectivity index (χ0) is 18.1. The zero-order valence-corrected chi connectivity index (χ0v) is 14.6. The first-order chi connectivity index (χ1) is 11.9. The van der Waals surface area contributed by atoms with E-state index in [1.54, 1.807) is 12.1 Å². The van der Waals surface area contributed by atoms with E-state index in [-0.39, 0.29) is 11.4 Å². The monoisotopic (exact) mass is 340 g/mol. The lowest BCUT2D eigenvalue weighted by molar-refractivity contribution is -0.719. The van der Waals surface area contributed by atoms with E-state index in [4.69, 9.17) is 0 Å². The molecule has 2 aromatic carbocycles. The average molecular weight is 340 g/mol. The number of guanidine groups is 1. The molecule has 3 rings (SSSR count). The third kappa shape index (κ3) is 2.99. The smallest absolute Gasteiger partial charge is 0.377 e. The standard InChI is InChI=1S/C17H19N6O2/c1-20(2)12-9-10-13(16(11-12)23(24)25)18-19-17-21(3)14-7-5-6-8-15(14)22(17)4/h5-11H,1-4H3/q+1/p+1. The summed E-state index contributed by atoms with van der Waals surface area (Å²) >= 11 is 0. The highest BCUT2D eigenvalue weighted by Crippen LogP contribution is 2.32. The van der Waals surface area contributed by atoms with Gasteiger partial charge in [-0.1, -0.05) is 12.1 Å². The number of para-hydroxylation sites is 2. The number of rotatable bonds is 3. The summed E-state index contributed by atoms with van der Waals surface area (Å²) in [5.74, 6) is 0.687. The minimum absolute atomic E-state index is 0.0635. The molecule has 128 valence electrons. The Morgan fingerprint density at radius 1 is 1.16 bits per heavy atom. The number of azo groups is 1. The molecule has 0 bridgehead atoms. The first-order valence-electron chi connectivity index (χ1n) is 7.81. The van der Waals surface area contributed by atoms with Gasteiger partial charge in [0.2, 0.25) is 0 Å². The number of anilines is 1. The third-order valence-corrected chi connectivity index (χ3v) is 4.25. The minimum Gasteiger partial charge on any atom is -0.377 e. The van der Waals surface area contributed by atoms with Gasteiger partial charge in [0, 0.05) is 31.9 Å². The second-order valence-corrected chi connectivity index (χ2v) is 6.05. The predicted octanol–water partition coefficient (Wildman–Crippen LogP) is 2.23. The van der Waals surface area contributed by atoms with Crippen molar-refractivity contribution in [2.75, 3.05) is 33.1 Å². The number of fused-ring (bicyclic) bond motifs is 1. The Morgan fingerprint density at radius 3 is 2.52 bits per heavy atom. The summed E-state index contributed by atoms with van der Waals surface area (Å²) in [7, 11) is 7.55. The van der Waals surface area contributed by atoms with Gasteiger partial charge >= 0.3 is 11.6 Å². The van der Waals surface area contributed by atoms with E-state index >= 15 is 0 Å². The largest absolute Gasteiger partial charge is 0.525 e. The van der Waals surface area contributed by atoms with Crippen LogP contribution in [0.4, 0.5) is 28.4 Å². The average Bonchev–Trinajstić information content (AvgIpc) is 2.84. The molecule has 0 fully saturated rings. The van der Waals surface area contributed by atoms with Gasteiger partial charge in [-0.3, -0.25) is 10.1 Å². The van der Waals surface area contributed by atoms with E-state index in [1.807, 2.05) is 61.9 Å². The lowest BCUT2D eigenvalue weighted by atomic mass is 10.2. The van der Waals surface area contributed by atoms with Crippen LogP contribution in [0.3, 0.4) is 0 Å². The highest BCUT2D eigenvalue weighted by atomic mass is 16.6. The molecule has 0 aliphatic carbocycles. The molecule has 25 heavy (non-hydrogen) atoms. The molecule has 0 aromatic heterocycles. The molecule has 8 nitrogen and oxygen atoms in total. The SMILES string of the molecule is CN(C)c1ccc(N=NC2=[N+](C)c3ccccc3[NH+]2C)c([N+](=O)[O-])c1. The van der Waals surface area contributed by atoms with Crippen LogP contribution in [0.1, 0.15) is 0 Å². The van der Waals surface area contributed by atoms with E-state index in [0.717, 1.165) is 22.0 Å². The second-order valence-electron chi connectivity index (χ2n) is 6.05. The molecule has 0 radical (unpaired) electrons. The molecule has 0 saturated carbocycles. The topological polar surface area (TPSA) is 78.5 Å². The molecule has 8 heteroatoms. The van der Waals surface area contributed by atoms with Gasteiger partial charge in [-0.05, 0) is 23.3 Å². The fourth-order valence-corrected chi connectivity index (χ4v) is 2.83. The number of nitrogens with zero attached hydrogens (tertiary/aromatic N) is 5. The summed E-state index contributed by atoms with van der Waals surface area (Å²) < 4.78 is 1.94. The lowest BCUT2D eigenvalue weighted by Crippen LogP contribution is -3.05. The highest BCUT2D eigenvalue weighted by Gasteiger charge is 2.38. The fourth-order valence-electron chi connectivity index (χ4n) is 2.83. The number of nitro groups is 1. The Morgan fingerprint density at radius 2 is 1.88 bits per heavy atom. The fraction of sp³-hybridized carbons (Fsp3) is 0.235. The zero-order valence-electron chi connectivity index (χ0n) is 14.6. The van der Waals surface area contributed by atoms with Crippen molar-refractivity contribution in [2.24, 2.45) is 10.2 Å². The maximum Gasteiger partial charge on any atom is 0.525 e. The van der Waals surface area contributed by atoms with Crippen LogP contribution in [-0.4, -0.2) is 43.6 Å². The Hall–Kier alpha value is -3.13. The van der Waals surface area contributed by atoms with Gasteiger partial charge in [0.15, 0.2) is 17.1 Å². The van der Waals surface area contributed by atoms with Crippen molar-refractivity contribution in [2.45, 2.75) is 0 Å². The van der Waals surface area contributed by atoms with Crippen molar-refractivity contribution in [1.29, 1.82) is 0 Å². The second kappa shape index (κ2) is 6.40. The Kier molecular flexibility index (Phi) is 4.28. The Labute approximate surface area is 145 Å². The first kappa shape index (κ1) is 16.7. The van der Waals surface area contributed by atoms with Crippen LogP contribution in [-0.2, 0) is 0 Å². The Balaban J connectivity index is 1.98. The summed E-state index contributed by atoms with van der Waals surface area (Å²) in [6, 6.07) is 12.9. The molecule has 1 aliphatic rings. The van der Waals surface area contributed by atoms with Crippen LogP contribution in [0.15, 0.2) is 52.7 Å². The predicted molar refractivity (Wildman–Crippen MR) is 95.8 cm³/mol. The number of nitro benzene ring substituents is 1. The number of benzene rings is 2. The van der Waals surface area contributed by atoms with Gasteiger partial charge in [0.1, 0.15) is 5.11 Å². The van der Waals surface area contributed by atoms with Gasteiger partial charge in [-0.2, -0.15) is 9.48 Å². The van der Waals surface area contributed by atoms with Gasteiger partial charge in [0.25, 0.3) is 0 Å². The summed E-state index contributed by atoms with van der Waals surface area (Å²) in [4.78, 5) is 13.7. The molecule has 2 aromatic rings. The van der Waals surface area contributed by atoms with Crippen molar-refractivity contribution in [3.8, 4) is 0 Å². The van der Waals surface area contributed by atoms with Crippen LogP contribution < -0.4 is 9.80 Å². The lowest BCUT2D eigenvalue weighted by Gasteiger charge is -2.11. The van der Waals surface area contributed by atoms with Crippen molar-refractivity contribution in [3.63, 3.8) is 0 Å². The number of hydrogen-bond donors (Lipinski definition) is 1. The van der Waals surface area contributed by atoms with E-state index < -0.39 is 4.92 Å². The quantitative estimate of drug-likeness (QED) is 0.403. The van der Waals surface area contributed by atoms with E-state index in [1.165, 1.54) is 6.07 Å². The van der Waals surface area contributed by atoms with E-state index in [0.29, 0.717) is 5.96 Å². The molecule has 0 saturated heterocycles. The molecule has 1 N–H and O–H groups in total. The van der Waals surface area contributed by atoms with Crippen LogP contribution in [0.2, 0.25) is 0 Å². The highest BCUT2D eigenvalue weighted by molar-refractivity contribution is 5.77. The van der Waals surface area contributed by atoms with E-state index in [2.05, 4.69) is 10.2 Å². The molecule has 0 amide bonds. The number of quaternary nitrogens is 1. The molecular weight excluding hydrogens is 320 g/mol. The molecular formula is C17H20N6O2+2. The first-order valence-corrected chi connectivity index (χ1v) is 7.81. The summed E-state index contributed by atoms with van der Waals surface area (Å²) in [6.07, 6.45) is 0. The van der Waals surface area contributed by atoms with Crippen LogP contribution in [0.5, 0.6) is 0 Å². The number of nitrogens with one attached hydrogen (secondary N) is 1.